The van der Waals surface area contributed by atoms with Crippen LogP contribution in [0.4, 0.5) is 0 Å². The number of hydrogen-bond donors (Lipinski definition) is 1. The minimum absolute atomic E-state index is 0.234. The van der Waals surface area contributed by atoms with Crippen molar-refractivity contribution in [2.45, 2.75) is 39.7 Å². The van der Waals surface area contributed by atoms with E-state index in [4.69, 9.17) is 0 Å². The standard InChI is InChI=1S/C9H16N2OS/c1-4-5-7-9(13-11-10-7)8(12)6(2)3/h6,8,12H,4-5H2,1-3H3. The molecular formula is C9H16N2OS. The van der Waals surface area contributed by atoms with Crippen molar-refractivity contribution in [3.05, 3.63) is 10.6 Å². The highest BCUT2D eigenvalue weighted by atomic mass is 32.1. The van der Waals surface area contributed by atoms with Crippen molar-refractivity contribution in [3.63, 3.8) is 0 Å². The molecule has 0 amide bonds. The zero-order valence-corrected chi connectivity index (χ0v) is 9.14. The molecule has 0 spiro atoms. The van der Waals surface area contributed by atoms with Gasteiger partial charge >= 0.3 is 0 Å². The third-order valence-corrected chi connectivity index (χ3v) is 2.81. The van der Waals surface area contributed by atoms with E-state index < -0.39 is 6.10 Å². The number of nitrogens with zero attached hydrogens (tertiary/aromatic N) is 2. The normalized spacial score (nSPS) is 13.6. The lowest BCUT2D eigenvalue weighted by molar-refractivity contribution is 0.129. The van der Waals surface area contributed by atoms with Crippen molar-refractivity contribution < 1.29 is 5.11 Å². The van der Waals surface area contributed by atoms with E-state index >= 15 is 0 Å². The maximum Gasteiger partial charge on any atom is 0.0939 e. The fourth-order valence-corrected chi connectivity index (χ4v) is 2.01. The van der Waals surface area contributed by atoms with Gasteiger partial charge in [-0.1, -0.05) is 31.7 Å². The Kier molecular flexibility index (Phi) is 3.81. The Hall–Kier alpha value is -0.480. The van der Waals surface area contributed by atoms with Crippen LogP contribution < -0.4 is 0 Å². The second-order valence-corrected chi connectivity index (χ2v) is 4.31. The van der Waals surface area contributed by atoms with Crippen LogP contribution in [0.3, 0.4) is 0 Å². The first-order valence-corrected chi connectivity index (χ1v) is 5.43. The second kappa shape index (κ2) is 4.67. The summed E-state index contributed by atoms with van der Waals surface area (Å²) >= 11 is 1.31. The lowest BCUT2D eigenvalue weighted by Crippen LogP contribution is -2.06. The molecule has 74 valence electrons. The van der Waals surface area contributed by atoms with Gasteiger partial charge in [-0.25, -0.2) is 0 Å². The first kappa shape index (κ1) is 10.6. The minimum atomic E-state index is -0.401. The molecule has 0 radical (unpaired) electrons. The summed E-state index contributed by atoms with van der Waals surface area (Å²) in [6.07, 6.45) is 1.56. The average molecular weight is 200 g/mol. The second-order valence-electron chi connectivity index (χ2n) is 3.52. The molecule has 0 aliphatic carbocycles. The van der Waals surface area contributed by atoms with Crippen molar-refractivity contribution in [1.29, 1.82) is 0 Å². The summed E-state index contributed by atoms with van der Waals surface area (Å²) in [6, 6.07) is 0. The van der Waals surface area contributed by atoms with Crippen LogP contribution in [-0.4, -0.2) is 14.7 Å². The average Bonchev–Trinajstić information content (AvgIpc) is 2.52. The maximum atomic E-state index is 9.82. The molecule has 1 atom stereocenters. The SMILES string of the molecule is CCCc1nnsc1C(O)C(C)C. The first-order valence-electron chi connectivity index (χ1n) is 4.66. The summed E-state index contributed by atoms with van der Waals surface area (Å²) in [5.41, 5.74) is 0.966. The van der Waals surface area contributed by atoms with E-state index in [1.807, 2.05) is 13.8 Å². The molecule has 1 heterocycles. The Morgan fingerprint density at radius 2 is 2.15 bits per heavy atom. The molecular weight excluding hydrogens is 184 g/mol. The number of rotatable bonds is 4. The molecule has 0 aliphatic rings. The fourth-order valence-electron chi connectivity index (χ4n) is 1.15. The van der Waals surface area contributed by atoms with Crippen LogP contribution in [0.5, 0.6) is 0 Å². The van der Waals surface area contributed by atoms with E-state index in [1.165, 1.54) is 11.5 Å². The van der Waals surface area contributed by atoms with Crippen molar-refractivity contribution in [2.24, 2.45) is 5.92 Å². The van der Waals surface area contributed by atoms with Crippen LogP contribution >= 0.6 is 11.5 Å². The monoisotopic (exact) mass is 200 g/mol. The predicted molar refractivity (Wildman–Crippen MR) is 53.7 cm³/mol. The highest BCUT2D eigenvalue weighted by Crippen LogP contribution is 2.27. The predicted octanol–water partition coefficient (Wildman–Crippen LogP) is 2.18. The Balaban J connectivity index is 2.80. The third kappa shape index (κ3) is 2.48. The van der Waals surface area contributed by atoms with E-state index in [9.17, 15) is 5.11 Å². The number of aryl methyl sites for hydroxylation is 1. The minimum Gasteiger partial charge on any atom is -0.387 e. The van der Waals surface area contributed by atoms with Crippen LogP contribution in [0.15, 0.2) is 0 Å². The molecule has 0 saturated carbocycles. The maximum absolute atomic E-state index is 9.82. The van der Waals surface area contributed by atoms with Crippen molar-refractivity contribution in [3.8, 4) is 0 Å². The topological polar surface area (TPSA) is 46.0 Å². The van der Waals surface area contributed by atoms with Gasteiger partial charge in [-0.2, -0.15) is 0 Å². The lowest BCUT2D eigenvalue weighted by Gasteiger charge is -2.12. The van der Waals surface area contributed by atoms with Crippen LogP contribution in [0.2, 0.25) is 0 Å². The molecule has 1 aromatic rings. The molecule has 0 fully saturated rings. The summed E-state index contributed by atoms with van der Waals surface area (Å²) in [5, 5.41) is 13.8. The van der Waals surface area contributed by atoms with Crippen molar-refractivity contribution in [2.75, 3.05) is 0 Å². The van der Waals surface area contributed by atoms with E-state index in [0.717, 1.165) is 23.4 Å². The highest BCUT2D eigenvalue weighted by Gasteiger charge is 2.18. The molecule has 0 aromatic carbocycles. The highest BCUT2D eigenvalue weighted by molar-refractivity contribution is 7.05. The quantitative estimate of drug-likeness (QED) is 0.810. The van der Waals surface area contributed by atoms with Crippen molar-refractivity contribution in [1.82, 2.24) is 9.59 Å². The van der Waals surface area contributed by atoms with Gasteiger partial charge in [0.1, 0.15) is 0 Å². The molecule has 0 bridgehead atoms. The first-order chi connectivity index (χ1) is 6.16. The summed E-state index contributed by atoms with van der Waals surface area (Å²) in [6.45, 7) is 6.10. The van der Waals surface area contributed by atoms with Gasteiger partial charge in [0.15, 0.2) is 0 Å². The van der Waals surface area contributed by atoms with Crippen LogP contribution in [0.25, 0.3) is 0 Å². The molecule has 3 nitrogen and oxygen atoms in total. The van der Waals surface area contributed by atoms with Crippen molar-refractivity contribution >= 4 is 11.5 Å². The number of hydrogen-bond acceptors (Lipinski definition) is 4. The van der Waals surface area contributed by atoms with Gasteiger partial charge in [0, 0.05) is 0 Å². The van der Waals surface area contributed by atoms with E-state index in [-0.39, 0.29) is 5.92 Å². The van der Waals surface area contributed by atoms with Crippen LogP contribution in [-0.2, 0) is 6.42 Å². The fraction of sp³-hybridized carbons (Fsp3) is 0.778. The summed E-state index contributed by atoms with van der Waals surface area (Å²) in [4.78, 5) is 0.942. The van der Waals surface area contributed by atoms with Gasteiger partial charge < -0.3 is 5.11 Å². The number of aliphatic hydroxyl groups is 1. The molecule has 0 aliphatic heterocycles. The van der Waals surface area contributed by atoms with Gasteiger partial charge in [0.05, 0.1) is 16.7 Å². The summed E-state index contributed by atoms with van der Waals surface area (Å²) < 4.78 is 3.88. The summed E-state index contributed by atoms with van der Waals surface area (Å²) in [5.74, 6) is 0.234. The Morgan fingerprint density at radius 3 is 2.69 bits per heavy atom. The van der Waals surface area contributed by atoms with Gasteiger partial charge in [-0.15, -0.1) is 5.10 Å². The van der Waals surface area contributed by atoms with Gasteiger partial charge in [-0.05, 0) is 23.9 Å². The van der Waals surface area contributed by atoms with Crippen LogP contribution in [0.1, 0.15) is 43.9 Å². The number of aliphatic hydroxyl groups excluding tert-OH is 1. The molecule has 1 rings (SSSR count). The van der Waals surface area contributed by atoms with Gasteiger partial charge in [-0.3, -0.25) is 0 Å². The Bertz CT molecular complexity index is 260. The molecule has 1 N–H and O–H groups in total. The smallest absolute Gasteiger partial charge is 0.0939 e. The van der Waals surface area contributed by atoms with Crippen LogP contribution in [0, 0.1) is 5.92 Å². The van der Waals surface area contributed by atoms with Gasteiger partial charge in [0.2, 0.25) is 0 Å². The lowest BCUT2D eigenvalue weighted by atomic mass is 10.0. The molecule has 0 saturated heterocycles. The molecule has 1 unspecified atom stereocenters. The third-order valence-electron chi connectivity index (χ3n) is 1.97. The molecule has 1 aromatic heterocycles. The van der Waals surface area contributed by atoms with E-state index in [2.05, 4.69) is 16.5 Å². The van der Waals surface area contributed by atoms with Gasteiger partial charge in [0.25, 0.3) is 0 Å². The Morgan fingerprint density at radius 1 is 1.46 bits per heavy atom. The zero-order chi connectivity index (χ0) is 9.84. The Labute approximate surface area is 83.0 Å². The number of aromatic nitrogens is 2. The molecule has 4 heteroatoms. The van der Waals surface area contributed by atoms with E-state index in [0.29, 0.717) is 0 Å². The summed E-state index contributed by atoms with van der Waals surface area (Å²) in [7, 11) is 0. The molecule has 13 heavy (non-hydrogen) atoms. The van der Waals surface area contributed by atoms with E-state index in [1.54, 1.807) is 0 Å². The zero-order valence-electron chi connectivity index (χ0n) is 8.32. The largest absolute Gasteiger partial charge is 0.387 e.